The molecule has 1 aromatic carbocycles. The second-order valence-corrected chi connectivity index (χ2v) is 8.15. The number of methoxy groups -OCH3 is 1. The van der Waals surface area contributed by atoms with Gasteiger partial charge in [-0.25, -0.2) is 4.98 Å². The van der Waals surface area contributed by atoms with Crippen molar-refractivity contribution in [2.45, 2.75) is 12.5 Å². The molecule has 8 nitrogen and oxygen atoms in total. The van der Waals surface area contributed by atoms with Crippen LogP contribution in [-0.2, 0) is 14.3 Å². The van der Waals surface area contributed by atoms with Crippen molar-refractivity contribution < 1.29 is 19.1 Å². The monoisotopic (exact) mass is 426 g/mol. The lowest BCUT2D eigenvalue weighted by molar-refractivity contribution is -0.140. The molecule has 1 atom stereocenters. The minimum absolute atomic E-state index is 0.0248. The van der Waals surface area contributed by atoms with E-state index >= 15 is 0 Å². The van der Waals surface area contributed by atoms with Gasteiger partial charge in [0.15, 0.2) is 0 Å². The van der Waals surface area contributed by atoms with E-state index in [1.54, 1.807) is 12.0 Å². The fourth-order valence-corrected chi connectivity index (χ4v) is 4.12. The van der Waals surface area contributed by atoms with Gasteiger partial charge in [-0.15, -0.1) is 0 Å². The largest absolute Gasteiger partial charge is 0.384 e. The Hall–Kier alpha value is -2.55. The number of para-hydroxylation sites is 1. The molecule has 2 aromatic rings. The number of rotatable bonds is 5. The number of nitrogens with zero attached hydrogens (tertiary/aromatic N) is 4. The molecule has 8 heteroatoms. The van der Waals surface area contributed by atoms with Gasteiger partial charge in [-0.2, -0.15) is 0 Å². The average molecular weight is 427 g/mol. The number of fused-ring (bicyclic) bond motifs is 1. The van der Waals surface area contributed by atoms with Crippen molar-refractivity contribution in [3.8, 4) is 0 Å². The van der Waals surface area contributed by atoms with Crippen LogP contribution in [0.1, 0.15) is 28.6 Å². The van der Waals surface area contributed by atoms with E-state index in [0.29, 0.717) is 57.1 Å². The fraction of sp³-hybridized carbons (Fsp3) is 0.522. The number of benzene rings is 1. The molecule has 2 amide bonds. The van der Waals surface area contributed by atoms with Gasteiger partial charge >= 0.3 is 0 Å². The van der Waals surface area contributed by atoms with Crippen LogP contribution in [0.25, 0.3) is 10.9 Å². The lowest BCUT2D eigenvalue weighted by Gasteiger charge is -2.34. The summed E-state index contributed by atoms with van der Waals surface area (Å²) in [7, 11) is 3.66. The van der Waals surface area contributed by atoms with Gasteiger partial charge in [0, 0.05) is 45.2 Å². The number of morpholine rings is 1. The molecule has 0 bridgehead atoms. The summed E-state index contributed by atoms with van der Waals surface area (Å²) in [5.74, 6) is 0.0708. The normalized spacial score (nSPS) is 20.3. The maximum Gasteiger partial charge on any atom is 0.254 e. The summed E-state index contributed by atoms with van der Waals surface area (Å²) < 4.78 is 11.0. The second-order valence-electron chi connectivity index (χ2n) is 8.15. The van der Waals surface area contributed by atoms with Crippen molar-refractivity contribution in [2.24, 2.45) is 0 Å². The van der Waals surface area contributed by atoms with Crippen LogP contribution >= 0.6 is 0 Å². The fourth-order valence-electron chi connectivity index (χ4n) is 4.12. The molecule has 0 aliphatic carbocycles. The van der Waals surface area contributed by atoms with Crippen LogP contribution in [0.3, 0.4) is 0 Å². The van der Waals surface area contributed by atoms with Crippen molar-refractivity contribution in [3.05, 3.63) is 41.6 Å². The first-order valence-electron chi connectivity index (χ1n) is 10.8. The number of hydrogen-bond donors (Lipinski definition) is 0. The third kappa shape index (κ3) is 4.87. The van der Waals surface area contributed by atoms with E-state index in [0.717, 1.165) is 24.0 Å². The van der Waals surface area contributed by atoms with Crippen LogP contribution in [0, 0.1) is 0 Å². The minimum atomic E-state index is -0.358. The minimum Gasteiger partial charge on any atom is -0.384 e. The lowest BCUT2D eigenvalue weighted by atomic mass is 10.0. The van der Waals surface area contributed by atoms with Crippen LogP contribution in [0.15, 0.2) is 30.3 Å². The van der Waals surface area contributed by atoms with Gasteiger partial charge in [-0.3, -0.25) is 9.59 Å². The van der Waals surface area contributed by atoms with Gasteiger partial charge in [0.1, 0.15) is 6.10 Å². The highest BCUT2D eigenvalue weighted by molar-refractivity contribution is 6.06. The molecule has 0 unspecified atom stereocenters. The maximum absolute atomic E-state index is 13.4. The van der Waals surface area contributed by atoms with Crippen molar-refractivity contribution in [2.75, 3.05) is 66.6 Å². The van der Waals surface area contributed by atoms with E-state index in [4.69, 9.17) is 14.5 Å². The van der Waals surface area contributed by atoms with Crippen molar-refractivity contribution >= 4 is 22.7 Å². The average Bonchev–Trinajstić information content (AvgIpc) is 2.82. The van der Waals surface area contributed by atoms with Gasteiger partial charge in [0.2, 0.25) is 5.91 Å². The van der Waals surface area contributed by atoms with Gasteiger partial charge in [0.05, 0.1) is 43.0 Å². The van der Waals surface area contributed by atoms with Crippen LogP contribution in [0.2, 0.25) is 0 Å². The predicted octanol–water partition coefficient (Wildman–Crippen LogP) is 1.56. The molecule has 2 aliphatic heterocycles. The van der Waals surface area contributed by atoms with Gasteiger partial charge in [-0.05, 0) is 19.2 Å². The third-order valence-electron chi connectivity index (χ3n) is 6.03. The first kappa shape index (κ1) is 21.7. The molecule has 2 aliphatic rings. The molecule has 0 saturated carbocycles. The Balaban J connectivity index is 1.61. The molecule has 166 valence electrons. The predicted molar refractivity (Wildman–Crippen MR) is 117 cm³/mol. The zero-order valence-electron chi connectivity index (χ0n) is 18.2. The molecule has 4 rings (SSSR count). The Morgan fingerprint density at radius 2 is 1.90 bits per heavy atom. The van der Waals surface area contributed by atoms with Crippen molar-refractivity contribution in [1.82, 2.24) is 19.7 Å². The number of ether oxygens (including phenoxy) is 2. The molecular formula is C23H30N4O4. The standard InChI is InChI=1S/C23H30N4O4/c1-25-8-10-26(11-9-25)23(29)18-15-20(24-19-6-4-3-5-17(18)19)21-16-27(12-14-31-21)22(28)7-13-30-2/h3-6,15,21H,7-14,16H2,1-2H3/t21-/m0/s1. The van der Waals surface area contributed by atoms with E-state index in [1.807, 2.05) is 35.2 Å². The second kappa shape index (κ2) is 9.72. The van der Waals surface area contributed by atoms with Crippen LogP contribution in [0.5, 0.6) is 0 Å². The van der Waals surface area contributed by atoms with Crippen molar-refractivity contribution in [1.29, 1.82) is 0 Å². The Morgan fingerprint density at radius 1 is 1.13 bits per heavy atom. The molecule has 1 aromatic heterocycles. The highest BCUT2D eigenvalue weighted by Crippen LogP contribution is 2.27. The number of likely N-dealkylation sites (N-methyl/N-ethyl adjacent to an activating group) is 1. The Labute approximate surface area is 182 Å². The molecule has 3 heterocycles. The zero-order valence-corrected chi connectivity index (χ0v) is 18.2. The quantitative estimate of drug-likeness (QED) is 0.722. The summed E-state index contributed by atoms with van der Waals surface area (Å²) in [6.45, 7) is 4.98. The number of amides is 2. The Kier molecular flexibility index (Phi) is 6.80. The highest BCUT2D eigenvalue weighted by Gasteiger charge is 2.29. The Bertz CT molecular complexity index is 942. The summed E-state index contributed by atoms with van der Waals surface area (Å²) >= 11 is 0. The molecule has 31 heavy (non-hydrogen) atoms. The number of pyridine rings is 1. The zero-order chi connectivity index (χ0) is 21.8. The van der Waals surface area contributed by atoms with E-state index < -0.39 is 0 Å². The van der Waals surface area contributed by atoms with Gasteiger partial charge < -0.3 is 24.2 Å². The van der Waals surface area contributed by atoms with E-state index in [-0.39, 0.29) is 17.9 Å². The third-order valence-corrected chi connectivity index (χ3v) is 6.03. The van der Waals surface area contributed by atoms with E-state index in [9.17, 15) is 9.59 Å². The van der Waals surface area contributed by atoms with Crippen LogP contribution in [0.4, 0.5) is 0 Å². The maximum atomic E-state index is 13.4. The number of carbonyl (C=O) groups excluding carboxylic acids is 2. The molecule has 2 fully saturated rings. The smallest absolute Gasteiger partial charge is 0.254 e. The van der Waals surface area contributed by atoms with Crippen LogP contribution < -0.4 is 0 Å². The first-order chi connectivity index (χ1) is 15.1. The number of piperazine rings is 1. The number of aromatic nitrogens is 1. The van der Waals surface area contributed by atoms with Gasteiger partial charge in [0.25, 0.3) is 5.91 Å². The first-order valence-corrected chi connectivity index (χ1v) is 10.8. The SMILES string of the molecule is COCCC(=O)N1CCO[C@H](c2cc(C(=O)N3CCN(C)CC3)c3ccccc3n2)C1. The molecular weight excluding hydrogens is 396 g/mol. The topological polar surface area (TPSA) is 75.2 Å². The number of hydrogen-bond acceptors (Lipinski definition) is 6. The lowest BCUT2D eigenvalue weighted by Crippen LogP contribution is -2.47. The molecule has 0 spiro atoms. The summed E-state index contributed by atoms with van der Waals surface area (Å²) in [6, 6.07) is 9.57. The summed E-state index contributed by atoms with van der Waals surface area (Å²) in [4.78, 5) is 36.6. The van der Waals surface area contributed by atoms with E-state index in [1.165, 1.54) is 0 Å². The van der Waals surface area contributed by atoms with E-state index in [2.05, 4.69) is 11.9 Å². The summed E-state index contributed by atoms with van der Waals surface area (Å²) in [5, 5.41) is 0.846. The molecule has 2 saturated heterocycles. The summed E-state index contributed by atoms with van der Waals surface area (Å²) in [5.41, 5.74) is 2.11. The van der Waals surface area contributed by atoms with Crippen LogP contribution in [-0.4, -0.2) is 98.1 Å². The molecule has 0 N–H and O–H groups in total. The number of carbonyl (C=O) groups is 2. The highest BCUT2D eigenvalue weighted by atomic mass is 16.5. The summed E-state index contributed by atoms with van der Waals surface area (Å²) in [6.07, 6.45) is -0.00879. The molecule has 0 radical (unpaired) electrons. The van der Waals surface area contributed by atoms with Gasteiger partial charge in [-0.1, -0.05) is 18.2 Å². The van der Waals surface area contributed by atoms with Crippen molar-refractivity contribution in [3.63, 3.8) is 0 Å². The Morgan fingerprint density at radius 3 is 2.68 bits per heavy atom.